The number of aromatic amines is 1. The van der Waals surface area contributed by atoms with Gasteiger partial charge in [0.25, 0.3) is 5.91 Å². The Bertz CT molecular complexity index is 269. The van der Waals surface area contributed by atoms with E-state index in [2.05, 4.69) is 10.3 Å². The monoisotopic (exact) mass is 169 g/mol. The molecule has 0 fully saturated rings. The van der Waals surface area contributed by atoms with Crippen molar-refractivity contribution in [3.8, 4) is 0 Å². The molecule has 0 spiro atoms. The molecular formula is C7H11N3O2. The molecule has 12 heavy (non-hydrogen) atoms. The number of rotatable bonds is 3. The number of nitrogen functional groups attached to an aromatic ring is 1. The summed E-state index contributed by atoms with van der Waals surface area (Å²) in [5.74, 6) is -0.263. The number of H-pyrrole nitrogens is 1. The topological polar surface area (TPSA) is 91.1 Å². The van der Waals surface area contributed by atoms with Gasteiger partial charge in [-0.05, 0) is 6.07 Å². The average molecular weight is 169 g/mol. The van der Waals surface area contributed by atoms with Crippen molar-refractivity contribution < 1.29 is 9.90 Å². The molecule has 5 N–H and O–H groups in total. The Morgan fingerprint density at radius 2 is 2.50 bits per heavy atom. The summed E-state index contributed by atoms with van der Waals surface area (Å²) in [5, 5.41) is 10.9. The molecule has 0 bridgehead atoms. The number of carbonyl (C=O) groups is 1. The van der Waals surface area contributed by atoms with Gasteiger partial charge in [-0.15, -0.1) is 0 Å². The maximum Gasteiger partial charge on any atom is 0.267 e. The first kappa shape index (κ1) is 8.61. The van der Waals surface area contributed by atoms with E-state index >= 15 is 0 Å². The number of carbonyl (C=O) groups excluding carboxylic acids is 1. The van der Waals surface area contributed by atoms with E-state index in [0.29, 0.717) is 11.4 Å². The lowest BCUT2D eigenvalue weighted by atomic mass is 10.4. The molecule has 1 rings (SSSR count). The highest BCUT2D eigenvalue weighted by atomic mass is 16.3. The van der Waals surface area contributed by atoms with Gasteiger partial charge in [0, 0.05) is 18.4 Å². The van der Waals surface area contributed by atoms with Crippen LogP contribution >= 0.6 is 0 Å². The highest BCUT2D eigenvalue weighted by Crippen LogP contribution is 2.03. The van der Waals surface area contributed by atoms with Crippen LogP contribution in [0.3, 0.4) is 0 Å². The second kappa shape index (κ2) is 3.77. The minimum atomic E-state index is -0.263. The van der Waals surface area contributed by atoms with Crippen LogP contribution in [0.1, 0.15) is 10.5 Å². The fourth-order valence-electron chi connectivity index (χ4n) is 0.807. The first-order valence-corrected chi connectivity index (χ1v) is 3.57. The number of nitrogens with two attached hydrogens (primary N) is 1. The Hall–Kier alpha value is -1.49. The van der Waals surface area contributed by atoms with Crippen LogP contribution < -0.4 is 11.1 Å². The van der Waals surface area contributed by atoms with Crippen LogP contribution in [0.5, 0.6) is 0 Å². The third kappa shape index (κ3) is 2.00. The van der Waals surface area contributed by atoms with Gasteiger partial charge in [0.05, 0.1) is 6.61 Å². The van der Waals surface area contributed by atoms with Crippen LogP contribution in [0.2, 0.25) is 0 Å². The van der Waals surface area contributed by atoms with Gasteiger partial charge >= 0.3 is 0 Å². The average Bonchev–Trinajstić information content (AvgIpc) is 2.47. The third-order valence-electron chi connectivity index (χ3n) is 1.35. The maximum atomic E-state index is 11.1. The summed E-state index contributed by atoms with van der Waals surface area (Å²) in [6.45, 7) is 0.180. The van der Waals surface area contributed by atoms with Gasteiger partial charge < -0.3 is 21.1 Å². The summed E-state index contributed by atoms with van der Waals surface area (Å²) in [7, 11) is 0. The van der Waals surface area contributed by atoms with Crippen molar-refractivity contribution in [1.82, 2.24) is 10.3 Å². The molecule has 1 amide bonds. The molecule has 0 aromatic carbocycles. The Labute approximate surface area is 69.6 Å². The lowest BCUT2D eigenvalue weighted by Gasteiger charge is -1.98. The number of hydrogen-bond donors (Lipinski definition) is 4. The molecule has 0 atom stereocenters. The predicted molar refractivity (Wildman–Crippen MR) is 44.6 cm³/mol. The van der Waals surface area contributed by atoms with Crippen LogP contribution in [0.4, 0.5) is 5.69 Å². The fourth-order valence-corrected chi connectivity index (χ4v) is 0.807. The van der Waals surface area contributed by atoms with Crippen molar-refractivity contribution in [2.45, 2.75) is 0 Å². The number of anilines is 1. The van der Waals surface area contributed by atoms with Gasteiger partial charge in [-0.2, -0.15) is 0 Å². The number of aliphatic hydroxyl groups excluding tert-OH is 1. The zero-order chi connectivity index (χ0) is 8.97. The standard InChI is InChI=1S/C7H11N3O2/c8-5-3-6(10-4-5)7(12)9-1-2-11/h3-4,10-11H,1-2,8H2,(H,9,12). The minimum absolute atomic E-state index is 0.0675. The smallest absolute Gasteiger partial charge is 0.267 e. The third-order valence-corrected chi connectivity index (χ3v) is 1.35. The van der Waals surface area contributed by atoms with Crippen molar-refractivity contribution in [2.24, 2.45) is 0 Å². The Kier molecular flexibility index (Phi) is 2.71. The largest absolute Gasteiger partial charge is 0.397 e. The number of amides is 1. The van der Waals surface area contributed by atoms with E-state index in [4.69, 9.17) is 10.8 Å². The second-order valence-electron chi connectivity index (χ2n) is 2.33. The molecule has 5 heteroatoms. The normalized spacial score (nSPS) is 9.75. The summed E-state index contributed by atoms with van der Waals surface area (Å²) in [5.41, 5.74) is 6.31. The fraction of sp³-hybridized carbons (Fsp3) is 0.286. The quantitative estimate of drug-likeness (QED) is 0.483. The molecule has 66 valence electrons. The van der Waals surface area contributed by atoms with Gasteiger partial charge in [0.2, 0.25) is 0 Å². The van der Waals surface area contributed by atoms with E-state index in [1.807, 2.05) is 0 Å². The van der Waals surface area contributed by atoms with Gasteiger partial charge in [0.1, 0.15) is 5.69 Å². The summed E-state index contributed by atoms with van der Waals surface area (Å²) >= 11 is 0. The zero-order valence-corrected chi connectivity index (χ0v) is 6.50. The molecule has 0 saturated heterocycles. The number of hydrogen-bond acceptors (Lipinski definition) is 3. The summed E-state index contributed by atoms with van der Waals surface area (Å²) in [4.78, 5) is 13.8. The van der Waals surface area contributed by atoms with Crippen LogP contribution in [0, 0.1) is 0 Å². The molecule has 0 unspecified atom stereocenters. The first-order valence-electron chi connectivity index (χ1n) is 3.57. The highest BCUT2D eigenvalue weighted by molar-refractivity contribution is 5.93. The van der Waals surface area contributed by atoms with Gasteiger partial charge in [-0.3, -0.25) is 4.79 Å². The highest BCUT2D eigenvalue weighted by Gasteiger charge is 2.05. The molecule has 5 nitrogen and oxygen atoms in total. The SMILES string of the molecule is Nc1c[nH]c(C(=O)NCCO)c1. The lowest BCUT2D eigenvalue weighted by Crippen LogP contribution is -2.26. The second-order valence-corrected chi connectivity index (χ2v) is 2.33. The van der Waals surface area contributed by atoms with Crippen molar-refractivity contribution in [1.29, 1.82) is 0 Å². The Balaban J connectivity index is 2.53. The van der Waals surface area contributed by atoms with Crippen molar-refractivity contribution in [2.75, 3.05) is 18.9 Å². The molecule has 0 aliphatic heterocycles. The van der Waals surface area contributed by atoms with Crippen LogP contribution in [-0.2, 0) is 0 Å². The Morgan fingerprint density at radius 3 is 3.00 bits per heavy atom. The van der Waals surface area contributed by atoms with Crippen molar-refractivity contribution in [3.63, 3.8) is 0 Å². The van der Waals surface area contributed by atoms with Crippen LogP contribution in [0.25, 0.3) is 0 Å². The predicted octanol–water partition coefficient (Wildman–Crippen LogP) is -0.681. The molecule has 0 aliphatic rings. The van der Waals surface area contributed by atoms with E-state index in [9.17, 15) is 4.79 Å². The van der Waals surface area contributed by atoms with Crippen LogP contribution in [-0.4, -0.2) is 29.1 Å². The molecule has 1 aromatic rings. The molecule has 1 aromatic heterocycles. The zero-order valence-electron chi connectivity index (χ0n) is 6.50. The summed E-state index contributed by atoms with van der Waals surface area (Å²) < 4.78 is 0. The molecule has 1 heterocycles. The molecule has 0 aliphatic carbocycles. The van der Waals surface area contributed by atoms with Gasteiger partial charge in [-0.1, -0.05) is 0 Å². The van der Waals surface area contributed by atoms with E-state index in [1.54, 1.807) is 0 Å². The number of aromatic nitrogens is 1. The minimum Gasteiger partial charge on any atom is -0.397 e. The van der Waals surface area contributed by atoms with E-state index in [1.165, 1.54) is 12.3 Å². The van der Waals surface area contributed by atoms with E-state index in [0.717, 1.165) is 0 Å². The van der Waals surface area contributed by atoms with Crippen molar-refractivity contribution in [3.05, 3.63) is 18.0 Å². The summed E-state index contributed by atoms with van der Waals surface area (Å²) in [6, 6.07) is 1.53. The maximum absolute atomic E-state index is 11.1. The van der Waals surface area contributed by atoms with E-state index in [-0.39, 0.29) is 19.1 Å². The Morgan fingerprint density at radius 1 is 1.75 bits per heavy atom. The van der Waals surface area contributed by atoms with Crippen LogP contribution in [0.15, 0.2) is 12.3 Å². The first-order chi connectivity index (χ1) is 5.74. The molecule has 0 saturated carbocycles. The van der Waals surface area contributed by atoms with Gasteiger partial charge in [0.15, 0.2) is 0 Å². The lowest BCUT2D eigenvalue weighted by molar-refractivity contribution is 0.0940. The van der Waals surface area contributed by atoms with Gasteiger partial charge in [-0.25, -0.2) is 0 Å². The number of nitrogens with one attached hydrogen (secondary N) is 2. The van der Waals surface area contributed by atoms with Crippen molar-refractivity contribution >= 4 is 11.6 Å². The molecular weight excluding hydrogens is 158 g/mol. The summed E-state index contributed by atoms with van der Waals surface area (Å²) in [6.07, 6.45) is 1.54. The van der Waals surface area contributed by atoms with E-state index < -0.39 is 0 Å². The molecule has 0 radical (unpaired) electrons. The number of aliphatic hydroxyl groups is 1.